The number of hydrogen-bond donors (Lipinski definition) is 4. The highest BCUT2D eigenvalue weighted by atomic mass is 32.3. The highest BCUT2D eigenvalue weighted by molar-refractivity contribution is 7.91. The number of aryl methyl sites for hydroxylation is 1. The van der Waals surface area contributed by atoms with Crippen molar-refractivity contribution in [3.63, 3.8) is 0 Å². The number of sulfone groups is 1. The second-order valence-corrected chi connectivity index (χ2v) is 13.9. The Morgan fingerprint density at radius 2 is 1.49 bits per heavy atom. The maximum absolute atomic E-state index is 12.4. The number of benzene rings is 4. The third-order valence-corrected chi connectivity index (χ3v) is 9.18. The monoisotopic (exact) mass is 679 g/mol. The normalized spacial score (nSPS) is 12.8. The lowest BCUT2D eigenvalue weighted by Gasteiger charge is -2.12. The summed E-state index contributed by atoms with van der Waals surface area (Å²) in [4.78, 5) is -0.952. The van der Waals surface area contributed by atoms with Crippen molar-refractivity contribution >= 4 is 69.6 Å². The Labute approximate surface area is 257 Å². The minimum atomic E-state index is -4.90. The molecule has 0 aliphatic heterocycles. The van der Waals surface area contributed by atoms with E-state index < -0.39 is 59.0 Å². The molecule has 0 atom stereocenters. The Morgan fingerprint density at radius 3 is 2.11 bits per heavy atom. The summed E-state index contributed by atoms with van der Waals surface area (Å²) in [5.74, 6) is -0.796. The Kier molecular flexibility index (Phi) is 9.51. The molecule has 45 heavy (non-hydrogen) atoms. The third kappa shape index (κ3) is 7.95. The fourth-order valence-electron chi connectivity index (χ4n) is 4.02. The Morgan fingerprint density at radius 1 is 0.822 bits per heavy atom. The molecule has 5 N–H and O–H groups in total. The van der Waals surface area contributed by atoms with E-state index in [1.165, 1.54) is 31.4 Å². The average molecular weight is 680 g/mol. The van der Waals surface area contributed by atoms with E-state index in [9.17, 15) is 34.9 Å². The van der Waals surface area contributed by atoms with E-state index in [0.29, 0.717) is 11.4 Å². The van der Waals surface area contributed by atoms with E-state index in [1.54, 1.807) is 12.1 Å². The summed E-state index contributed by atoms with van der Waals surface area (Å²) >= 11 is 0. The van der Waals surface area contributed by atoms with Crippen molar-refractivity contribution in [3.05, 3.63) is 66.2 Å². The maximum atomic E-state index is 12.4. The molecule has 0 amide bonds. The van der Waals surface area contributed by atoms with Crippen LogP contribution in [0.15, 0.2) is 90.9 Å². The van der Waals surface area contributed by atoms with Gasteiger partial charge < -0.3 is 15.6 Å². The number of methoxy groups -OCH3 is 1. The number of phenols is 1. The molecule has 0 bridgehead atoms. The van der Waals surface area contributed by atoms with Crippen molar-refractivity contribution < 1.29 is 48.4 Å². The van der Waals surface area contributed by atoms with Crippen molar-refractivity contribution in [2.24, 2.45) is 20.5 Å². The van der Waals surface area contributed by atoms with Gasteiger partial charge in [0.2, 0.25) is 0 Å². The zero-order valence-corrected chi connectivity index (χ0v) is 25.8. The lowest BCUT2D eigenvalue weighted by atomic mass is 10.1. The van der Waals surface area contributed by atoms with Crippen LogP contribution < -0.4 is 10.5 Å². The second kappa shape index (κ2) is 12.8. The first-order valence-corrected chi connectivity index (χ1v) is 16.9. The molecular formula is C26H25N5O11S3. The van der Waals surface area contributed by atoms with E-state index in [0.717, 1.165) is 23.8 Å². The highest BCUT2D eigenvalue weighted by Gasteiger charge is 2.23. The van der Waals surface area contributed by atoms with E-state index in [2.05, 4.69) is 24.6 Å². The molecule has 4 aromatic carbocycles. The van der Waals surface area contributed by atoms with Crippen molar-refractivity contribution in [3.8, 4) is 11.5 Å². The topological polar surface area (TPSA) is 257 Å². The number of nitrogens with zero attached hydrogens (tertiary/aromatic N) is 4. The SMILES string of the molecule is COc1ccc(C)cc1N=Nc1ccc2cc(S(=O)(=O)O)c(N=Nc3ccc(S(=O)(=O)CCOS(=O)(=O)O)cc3)c(N)c2c1O. The van der Waals surface area contributed by atoms with Crippen LogP contribution in [0.5, 0.6) is 11.5 Å². The molecule has 0 radical (unpaired) electrons. The maximum Gasteiger partial charge on any atom is 0.397 e. The third-order valence-electron chi connectivity index (χ3n) is 6.16. The van der Waals surface area contributed by atoms with Gasteiger partial charge in [-0.3, -0.25) is 9.11 Å². The molecule has 4 rings (SSSR count). The molecule has 0 aliphatic rings. The van der Waals surface area contributed by atoms with Gasteiger partial charge in [0.05, 0.1) is 41.1 Å². The van der Waals surface area contributed by atoms with Crippen molar-refractivity contribution in [1.82, 2.24) is 0 Å². The standard InChI is InChI=1S/C26H25N5O11S3/c1-15-3-10-21(41-2)20(13-15)30-29-19-9-4-16-14-22(44(35,36)37)25(24(27)23(16)26(19)32)31-28-17-5-7-18(8-6-17)43(33,34)12-11-42-45(38,39)40/h3-10,13-14,32H,11-12,27H2,1-2H3,(H,35,36,37)(H,38,39,40). The number of fused-ring (bicyclic) bond motifs is 1. The molecule has 238 valence electrons. The summed E-state index contributed by atoms with van der Waals surface area (Å²) in [6.07, 6.45) is 0. The lowest BCUT2D eigenvalue weighted by molar-refractivity contribution is 0.284. The van der Waals surface area contributed by atoms with Gasteiger partial charge in [0.15, 0.2) is 15.6 Å². The molecule has 0 spiro atoms. The molecular weight excluding hydrogens is 655 g/mol. The van der Waals surface area contributed by atoms with Crippen LogP contribution in [0.25, 0.3) is 10.8 Å². The van der Waals surface area contributed by atoms with Gasteiger partial charge in [-0.2, -0.15) is 21.9 Å². The molecule has 0 aliphatic carbocycles. The van der Waals surface area contributed by atoms with E-state index in [1.807, 2.05) is 13.0 Å². The molecule has 16 nitrogen and oxygen atoms in total. The van der Waals surface area contributed by atoms with Crippen LogP contribution >= 0.6 is 0 Å². The number of ether oxygens (including phenoxy) is 1. The number of nitrogens with two attached hydrogens (primary N) is 1. The molecule has 19 heteroatoms. The summed E-state index contributed by atoms with van der Waals surface area (Å²) < 4.78 is 98.3. The number of hydrogen-bond acceptors (Lipinski definition) is 14. The fraction of sp³-hybridized carbons (Fsp3) is 0.154. The van der Waals surface area contributed by atoms with Crippen molar-refractivity contribution in [1.29, 1.82) is 0 Å². The molecule has 0 aromatic heterocycles. The van der Waals surface area contributed by atoms with Crippen LogP contribution in [0.1, 0.15) is 5.56 Å². The minimum Gasteiger partial charge on any atom is -0.505 e. The van der Waals surface area contributed by atoms with Crippen LogP contribution in [0, 0.1) is 6.92 Å². The summed E-state index contributed by atoms with van der Waals surface area (Å²) in [6.45, 7) is 1.02. The summed E-state index contributed by atoms with van der Waals surface area (Å²) in [5, 5.41) is 27.1. The number of anilines is 1. The van der Waals surface area contributed by atoms with Crippen LogP contribution in [-0.2, 0) is 34.5 Å². The Bertz CT molecular complexity index is 2170. The summed E-state index contributed by atoms with van der Waals surface area (Å²) in [7, 11) is -12.3. The van der Waals surface area contributed by atoms with Crippen LogP contribution in [0.2, 0.25) is 0 Å². The quantitative estimate of drug-likeness (QED) is 0.0915. The van der Waals surface area contributed by atoms with Crippen LogP contribution in [0.4, 0.5) is 28.4 Å². The van der Waals surface area contributed by atoms with Gasteiger partial charge in [-0.05, 0) is 66.4 Å². The first-order chi connectivity index (χ1) is 21.0. The van der Waals surface area contributed by atoms with Gasteiger partial charge in [0.25, 0.3) is 10.1 Å². The van der Waals surface area contributed by atoms with Gasteiger partial charge in [-0.25, -0.2) is 12.6 Å². The zero-order chi connectivity index (χ0) is 33.2. The number of aromatic hydroxyl groups is 1. The van der Waals surface area contributed by atoms with Crippen LogP contribution in [-0.4, -0.2) is 58.9 Å². The Balaban J connectivity index is 1.72. The average Bonchev–Trinajstić information content (AvgIpc) is 2.95. The van der Waals surface area contributed by atoms with Gasteiger partial charge in [0.1, 0.15) is 27.7 Å². The van der Waals surface area contributed by atoms with Gasteiger partial charge in [-0.15, -0.1) is 15.3 Å². The highest BCUT2D eigenvalue weighted by Crippen LogP contribution is 2.45. The second-order valence-electron chi connectivity index (χ2n) is 9.28. The van der Waals surface area contributed by atoms with Gasteiger partial charge in [0, 0.05) is 0 Å². The van der Waals surface area contributed by atoms with E-state index in [4.69, 9.17) is 15.0 Å². The first-order valence-electron chi connectivity index (χ1n) is 12.5. The molecule has 0 saturated heterocycles. The summed E-state index contributed by atoms with van der Waals surface area (Å²) in [6, 6.07) is 13.7. The largest absolute Gasteiger partial charge is 0.505 e. The predicted octanol–water partition coefficient (Wildman–Crippen LogP) is 5.12. The van der Waals surface area contributed by atoms with Crippen LogP contribution in [0.3, 0.4) is 0 Å². The molecule has 0 heterocycles. The zero-order valence-electron chi connectivity index (χ0n) is 23.4. The number of rotatable bonds is 11. The molecule has 0 saturated carbocycles. The molecule has 0 unspecified atom stereocenters. The summed E-state index contributed by atoms with van der Waals surface area (Å²) in [5.41, 5.74) is 6.62. The number of azo groups is 2. The number of phenolic OH excluding ortho intramolecular Hbond substituents is 1. The van der Waals surface area contributed by atoms with Gasteiger partial charge >= 0.3 is 10.4 Å². The van der Waals surface area contributed by atoms with Crippen molar-refractivity contribution in [2.75, 3.05) is 25.2 Å². The number of nitrogen functional groups attached to an aromatic ring is 1. The first kappa shape index (κ1) is 33.4. The smallest absolute Gasteiger partial charge is 0.397 e. The lowest BCUT2D eigenvalue weighted by Crippen LogP contribution is -2.15. The minimum absolute atomic E-state index is 0.0287. The predicted molar refractivity (Wildman–Crippen MR) is 162 cm³/mol. The van der Waals surface area contributed by atoms with Gasteiger partial charge in [-0.1, -0.05) is 12.1 Å². The van der Waals surface area contributed by atoms with E-state index >= 15 is 0 Å². The van der Waals surface area contributed by atoms with E-state index in [-0.39, 0.29) is 32.7 Å². The van der Waals surface area contributed by atoms with Crippen molar-refractivity contribution in [2.45, 2.75) is 16.7 Å². The molecule has 4 aromatic rings. The molecule has 0 fully saturated rings. The Hall–Kier alpha value is -4.53. The fourth-order valence-corrected chi connectivity index (χ4v) is 6.18.